The molecule has 2 aromatic carbocycles. The number of H-pyrrole nitrogens is 1. The van der Waals surface area contributed by atoms with Gasteiger partial charge in [-0.1, -0.05) is 12.1 Å². The van der Waals surface area contributed by atoms with Gasteiger partial charge in [-0.3, -0.25) is 0 Å². The average molecular weight is 425 g/mol. The summed E-state index contributed by atoms with van der Waals surface area (Å²) in [5, 5.41) is 10.4. The molecule has 0 saturated carbocycles. The molecule has 0 saturated heterocycles. The number of aromatic amines is 1. The maximum absolute atomic E-state index is 12.0. The Hall–Kier alpha value is -3.88. The lowest BCUT2D eigenvalue weighted by atomic mass is 10.1. The number of benzene rings is 2. The van der Waals surface area contributed by atoms with E-state index in [1.165, 1.54) is 7.11 Å². The van der Waals surface area contributed by atoms with Crippen molar-refractivity contribution in [2.45, 2.75) is 13.3 Å². The molecule has 31 heavy (non-hydrogen) atoms. The van der Waals surface area contributed by atoms with E-state index in [2.05, 4.69) is 20.1 Å². The van der Waals surface area contributed by atoms with Crippen LogP contribution in [0.15, 0.2) is 48.5 Å². The van der Waals surface area contributed by atoms with Gasteiger partial charge in [0.2, 0.25) is 0 Å². The third-order valence-corrected chi connectivity index (χ3v) is 4.23. The second kappa shape index (κ2) is 10.8. The Kier molecular flexibility index (Phi) is 7.58. The lowest BCUT2D eigenvalue weighted by molar-refractivity contribution is 0.0519. The van der Waals surface area contributed by atoms with Crippen LogP contribution in [0.1, 0.15) is 34.2 Å². The average Bonchev–Trinajstić information content (AvgIpc) is 3.29. The quantitative estimate of drug-likeness (QED) is 0.389. The SMILES string of the molecule is CCOC(=O)c1n[nH]nc1-c1cccc(OCCCOc2ccc(C(=O)OC)cc2)c1. The van der Waals surface area contributed by atoms with Gasteiger partial charge in [0.15, 0.2) is 5.69 Å². The normalized spacial score (nSPS) is 10.4. The molecule has 0 unspecified atom stereocenters. The van der Waals surface area contributed by atoms with Crippen LogP contribution in [-0.2, 0) is 9.47 Å². The third kappa shape index (κ3) is 5.81. The lowest BCUT2D eigenvalue weighted by Gasteiger charge is -2.09. The van der Waals surface area contributed by atoms with E-state index >= 15 is 0 Å². The van der Waals surface area contributed by atoms with E-state index in [0.717, 1.165) is 0 Å². The van der Waals surface area contributed by atoms with Crippen LogP contribution < -0.4 is 9.47 Å². The van der Waals surface area contributed by atoms with Gasteiger partial charge in [-0.25, -0.2) is 9.59 Å². The first-order valence-electron chi connectivity index (χ1n) is 9.74. The molecule has 0 radical (unpaired) electrons. The Morgan fingerprint density at radius 3 is 2.39 bits per heavy atom. The van der Waals surface area contributed by atoms with Crippen molar-refractivity contribution < 1.29 is 28.5 Å². The van der Waals surface area contributed by atoms with Crippen molar-refractivity contribution in [2.75, 3.05) is 26.9 Å². The number of esters is 2. The highest BCUT2D eigenvalue weighted by Gasteiger charge is 2.19. The van der Waals surface area contributed by atoms with Crippen molar-refractivity contribution in [3.63, 3.8) is 0 Å². The fourth-order valence-electron chi connectivity index (χ4n) is 2.75. The van der Waals surface area contributed by atoms with Crippen LogP contribution in [-0.4, -0.2) is 54.3 Å². The van der Waals surface area contributed by atoms with Crippen molar-refractivity contribution in [1.29, 1.82) is 0 Å². The number of hydrogen-bond donors (Lipinski definition) is 1. The molecule has 1 aromatic heterocycles. The summed E-state index contributed by atoms with van der Waals surface area (Å²) in [6.07, 6.45) is 0.654. The van der Waals surface area contributed by atoms with Crippen LogP contribution in [0.4, 0.5) is 0 Å². The first-order valence-corrected chi connectivity index (χ1v) is 9.74. The van der Waals surface area contributed by atoms with Crippen molar-refractivity contribution in [3.05, 3.63) is 59.8 Å². The molecule has 0 fully saturated rings. The number of rotatable bonds is 10. The molecule has 162 valence electrons. The number of hydrogen-bond acceptors (Lipinski definition) is 8. The van der Waals surface area contributed by atoms with Gasteiger partial charge in [0, 0.05) is 12.0 Å². The molecule has 9 nitrogen and oxygen atoms in total. The van der Waals surface area contributed by atoms with Crippen LogP contribution in [0, 0.1) is 0 Å². The molecule has 0 atom stereocenters. The summed E-state index contributed by atoms with van der Waals surface area (Å²) < 4.78 is 21.1. The number of ether oxygens (including phenoxy) is 4. The van der Waals surface area contributed by atoms with Gasteiger partial charge in [-0.2, -0.15) is 10.3 Å². The number of aromatic nitrogens is 3. The van der Waals surface area contributed by atoms with E-state index in [9.17, 15) is 9.59 Å². The van der Waals surface area contributed by atoms with Gasteiger partial charge >= 0.3 is 11.9 Å². The van der Waals surface area contributed by atoms with Crippen LogP contribution in [0.25, 0.3) is 11.3 Å². The zero-order chi connectivity index (χ0) is 22.1. The summed E-state index contributed by atoms with van der Waals surface area (Å²) >= 11 is 0. The van der Waals surface area contributed by atoms with Gasteiger partial charge in [-0.05, 0) is 43.3 Å². The molecule has 3 rings (SSSR count). The van der Waals surface area contributed by atoms with E-state index < -0.39 is 5.97 Å². The van der Waals surface area contributed by atoms with Gasteiger partial charge in [0.25, 0.3) is 0 Å². The highest BCUT2D eigenvalue weighted by Crippen LogP contribution is 2.24. The molecular weight excluding hydrogens is 402 g/mol. The predicted molar refractivity (Wildman–Crippen MR) is 111 cm³/mol. The van der Waals surface area contributed by atoms with Gasteiger partial charge in [0.05, 0.1) is 32.5 Å². The predicted octanol–water partition coefficient (Wildman–Crippen LogP) is 3.28. The van der Waals surface area contributed by atoms with E-state index in [4.69, 9.17) is 14.2 Å². The second-order valence-corrected chi connectivity index (χ2v) is 6.34. The molecular formula is C22H23N3O6. The summed E-state index contributed by atoms with van der Waals surface area (Å²) in [6.45, 7) is 2.87. The number of methoxy groups -OCH3 is 1. The van der Waals surface area contributed by atoms with E-state index in [1.54, 1.807) is 37.3 Å². The fraction of sp³-hybridized carbons (Fsp3) is 0.273. The monoisotopic (exact) mass is 425 g/mol. The first-order chi connectivity index (χ1) is 15.1. The standard InChI is InChI=1S/C22H23N3O6/c1-3-29-22(27)20-19(23-25-24-20)16-6-4-7-18(14-16)31-13-5-12-30-17-10-8-15(9-11-17)21(26)28-2/h4,6-11,14H,3,5,12-13H2,1-2H3,(H,23,24,25). The Balaban J connectivity index is 1.49. The zero-order valence-corrected chi connectivity index (χ0v) is 17.3. The van der Waals surface area contributed by atoms with Crippen LogP contribution >= 0.6 is 0 Å². The van der Waals surface area contributed by atoms with E-state index in [0.29, 0.717) is 48.0 Å². The minimum absolute atomic E-state index is 0.130. The summed E-state index contributed by atoms with van der Waals surface area (Å²) in [6, 6.07) is 14.0. The highest BCUT2D eigenvalue weighted by molar-refractivity contribution is 5.94. The molecule has 1 N–H and O–H groups in total. The summed E-state index contributed by atoms with van der Waals surface area (Å²) in [5.41, 5.74) is 1.70. The lowest BCUT2D eigenvalue weighted by Crippen LogP contribution is -2.07. The van der Waals surface area contributed by atoms with Gasteiger partial charge in [-0.15, -0.1) is 5.10 Å². The Bertz CT molecular complexity index is 1020. The summed E-state index contributed by atoms with van der Waals surface area (Å²) in [4.78, 5) is 23.4. The number of carbonyl (C=O) groups is 2. The molecule has 3 aromatic rings. The summed E-state index contributed by atoms with van der Waals surface area (Å²) in [7, 11) is 1.34. The second-order valence-electron chi connectivity index (χ2n) is 6.34. The van der Waals surface area contributed by atoms with Gasteiger partial charge in [0.1, 0.15) is 17.2 Å². The minimum Gasteiger partial charge on any atom is -0.493 e. The molecule has 0 aliphatic heterocycles. The van der Waals surface area contributed by atoms with E-state index in [1.807, 2.05) is 18.2 Å². The number of nitrogens with one attached hydrogen (secondary N) is 1. The number of carbonyl (C=O) groups excluding carboxylic acids is 2. The van der Waals surface area contributed by atoms with Crippen molar-refractivity contribution in [3.8, 4) is 22.8 Å². The van der Waals surface area contributed by atoms with Crippen molar-refractivity contribution >= 4 is 11.9 Å². The highest BCUT2D eigenvalue weighted by atomic mass is 16.5. The minimum atomic E-state index is -0.533. The molecule has 0 amide bonds. The first kappa shape index (κ1) is 21.8. The smallest absolute Gasteiger partial charge is 0.361 e. The molecule has 1 heterocycles. The number of nitrogens with zero attached hydrogens (tertiary/aromatic N) is 2. The van der Waals surface area contributed by atoms with Crippen LogP contribution in [0.3, 0.4) is 0 Å². The van der Waals surface area contributed by atoms with Crippen molar-refractivity contribution in [2.24, 2.45) is 0 Å². The maximum Gasteiger partial charge on any atom is 0.361 e. The Labute approximate surface area is 179 Å². The summed E-state index contributed by atoms with van der Waals surface area (Å²) in [5.74, 6) is 0.376. The molecule has 0 bridgehead atoms. The van der Waals surface area contributed by atoms with Gasteiger partial charge < -0.3 is 18.9 Å². The van der Waals surface area contributed by atoms with Crippen LogP contribution in [0.5, 0.6) is 11.5 Å². The molecule has 0 aliphatic rings. The molecule has 0 spiro atoms. The Morgan fingerprint density at radius 1 is 0.935 bits per heavy atom. The zero-order valence-electron chi connectivity index (χ0n) is 17.3. The fourth-order valence-corrected chi connectivity index (χ4v) is 2.75. The maximum atomic E-state index is 12.0. The molecule has 9 heteroatoms. The third-order valence-electron chi connectivity index (χ3n) is 4.23. The van der Waals surface area contributed by atoms with E-state index in [-0.39, 0.29) is 18.3 Å². The Morgan fingerprint density at radius 2 is 1.68 bits per heavy atom. The topological polar surface area (TPSA) is 113 Å². The molecule has 0 aliphatic carbocycles. The van der Waals surface area contributed by atoms with Crippen molar-refractivity contribution in [1.82, 2.24) is 15.4 Å². The van der Waals surface area contributed by atoms with Crippen LogP contribution in [0.2, 0.25) is 0 Å². The largest absolute Gasteiger partial charge is 0.493 e.